The lowest BCUT2D eigenvalue weighted by Crippen LogP contribution is -2.19. The molecule has 0 bridgehead atoms. The molecular weight excluding hydrogens is 272 g/mol. The van der Waals surface area contributed by atoms with Gasteiger partial charge in [0.15, 0.2) is 0 Å². The summed E-state index contributed by atoms with van der Waals surface area (Å²) in [4.78, 5) is 42.4. The van der Waals surface area contributed by atoms with Gasteiger partial charge < -0.3 is 4.74 Å². The molecule has 1 aromatic carbocycles. The van der Waals surface area contributed by atoms with Crippen molar-refractivity contribution >= 4 is 23.1 Å². The predicted octanol–water partition coefficient (Wildman–Crippen LogP) is 1.18. The Morgan fingerprint density at radius 3 is 2.35 bits per heavy atom. The zero-order valence-electron chi connectivity index (χ0n) is 10.4. The first-order chi connectivity index (χ1) is 9.36. The van der Waals surface area contributed by atoms with Crippen molar-refractivity contribution in [3.63, 3.8) is 0 Å². The lowest BCUT2D eigenvalue weighted by Gasteiger charge is -2.02. The third kappa shape index (κ3) is 3.57. The van der Waals surface area contributed by atoms with Crippen LogP contribution in [-0.4, -0.2) is 28.2 Å². The molecule has 0 amide bonds. The maximum Gasteiger partial charge on any atom is 0.374 e. The highest BCUT2D eigenvalue weighted by Crippen LogP contribution is 2.25. The molecule has 0 fully saturated rings. The van der Waals surface area contributed by atoms with Crippen LogP contribution >= 0.6 is 0 Å². The number of benzene rings is 1. The molecule has 1 rings (SSSR count). The minimum absolute atomic E-state index is 0.00687. The molecule has 0 aliphatic carbocycles. The van der Waals surface area contributed by atoms with E-state index in [9.17, 15) is 29.8 Å². The van der Waals surface area contributed by atoms with Gasteiger partial charge in [-0.2, -0.15) is 0 Å². The molecule has 1 aromatic rings. The fourth-order valence-corrected chi connectivity index (χ4v) is 1.44. The second-order valence-corrected chi connectivity index (χ2v) is 3.65. The predicted molar refractivity (Wildman–Crippen MR) is 65.1 cm³/mol. The van der Waals surface area contributed by atoms with Crippen LogP contribution in [0.4, 0.5) is 11.4 Å². The number of nitrogens with zero attached hydrogens (tertiary/aromatic N) is 2. The van der Waals surface area contributed by atoms with Crippen LogP contribution in [0.25, 0.3) is 0 Å². The summed E-state index contributed by atoms with van der Waals surface area (Å²) in [5.41, 5.74) is -1.14. The van der Waals surface area contributed by atoms with Crippen LogP contribution < -0.4 is 0 Å². The molecule has 0 heterocycles. The monoisotopic (exact) mass is 282 g/mol. The van der Waals surface area contributed by atoms with E-state index in [1.165, 1.54) is 6.92 Å². The molecule has 0 N–H and O–H groups in total. The number of hydrogen-bond donors (Lipinski definition) is 0. The fraction of sp³-hybridized carbons (Fsp3) is 0.273. The summed E-state index contributed by atoms with van der Waals surface area (Å²) in [6, 6.07) is 2.85. The molecule has 0 atom stereocenters. The lowest BCUT2D eigenvalue weighted by atomic mass is 10.1. The van der Waals surface area contributed by atoms with Gasteiger partial charge in [-0.1, -0.05) is 0 Å². The van der Waals surface area contributed by atoms with Gasteiger partial charge in [0.1, 0.15) is 0 Å². The van der Waals surface area contributed by atoms with E-state index in [-0.39, 0.29) is 12.2 Å². The molecule has 0 unspecified atom stereocenters. The van der Waals surface area contributed by atoms with Gasteiger partial charge in [0, 0.05) is 18.1 Å². The van der Waals surface area contributed by atoms with Gasteiger partial charge in [-0.3, -0.25) is 25.0 Å². The highest BCUT2D eigenvalue weighted by atomic mass is 16.6. The van der Waals surface area contributed by atoms with E-state index in [4.69, 9.17) is 0 Å². The number of esters is 1. The van der Waals surface area contributed by atoms with Gasteiger partial charge >= 0.3 is 5.97 Å². The first kappa shape index (κ1) is 15.2. The van der Waals surface area contributed by atoms with Crippen LogP contribution in [0.1, 0.15) is 12.5 Å². The molecule has 0 aliphatic heterocycles. The van der Waals surface area contributed by atoms with Crippen molar-refractivity contribution in [1.29, 1.82) is 0 Å². The topological polar surface area (TPSA) is 130 Å². The largest absolute Gasteiger partial charge is 0.460 e. The van der Waals surface area contributed by atoms with E-state index in [1.54, 1.807) is 0 Å². The summed E-state index contributed by atoms with van der Waals surface area (Å²) < 4.78 is 4.47. The number of ketones is 1. The Bertz CT molecular complexity index is 582. The Balaban J connectivity index is 3.06. The van der Waals surface area contributed by atoms with Crippen LogP contribution in [0.3, 0.4) is 0 Å². The summed E-state index contributed by atoms with van der Waals surface area (Å²) in [6.07, 6.45) is -0.548. The first-order valence-electron chi connectivity index (χ1n) is 5.48. The summed E-state index contributed by atoms with van der Waals surface area (Å²) in [7, 11) is 0. The maximum absolute atomic E-state index is 11.5. The van der Waals surface area contributed by atoms with Crippen molar-refractivity contribution in [2.24, 2.45) is 0 Å². The molecule has 0 radical (unpaired) electrons. The lowest BCUT2D eigenvalue weighted by molar-refractivity contribution is -0.394. The minimum Gasteiger partial charge on any atom is -0.460 e. The Morgan fingerprint density at radius 1 is 1.20 bits per heavy atom. The summed E-state index contributed by atoms with van der Waals surface area (Å²) in [6.45, 7) is 1.52. The minimum atomic E-state index is -1.10. The molecule has 9 nitrogen and oxygen atoms in total. The number of nitro groups is 2. The third-order valence-electron chi connectivity index (χ3n) is 2.33. The van der Waals surface area contributed by atoms with Crippen LogP contribution in [0.2, 0.25) is 0 Å². The van der Waals surface area contributed by atoms with Gasteiger partial charge in [0.25, 0.3) is 11.4 Å². The van der Waals surface area contributed by atoms with Gasteiger partial charge in [-0.05, 0) is 13.0 Å². The molecule has 9 heteroatoms. The molecule has 0 spiro atoms. The maximum atomic E-state index is 11.5. The molecular formula is C11H10N2O7. The molecule has 106 valence electrons. The first-order valence-corrected chi connectivity index (χ1v) is 5.48. The Hall–Kier alpha value is -2.84. The number of carbonyl (C=O) groups excluding carboxylic acids is 2. The normalized spacial score (nSPS) is 9.85. The number of rotatable bonds is 6. The van der Waals surface area contributed by atoms with Gasteiger partial charge in [0.2, 0.25) is 5.78 Å². The van der Waals surface area contributed by atoms with Crippen LogP contribution in [0.5, 0.6) is 0 Å². The Labute approximate surface area is 112 Å². The number of Topliss-reactive ketones (excluding diaryl/α,β-unsaturated/α-hetero) is 1. The molecule has 20 heavy (non-hydrogen) atoms. The SMILES string of the molecule is CCOC(=O)C(=O)Cc1ccc([N+](=O)[O-])cc1[N+](=O)[O-]. The van der Waals surface area contributed by atoms with Gasteiger partial charge in [-0.25, -0.2) is 4.79 Å². The summed E-state index contributed by atoms with van der Waals surface area (Å²) >= 11 is 0. The number of nitro benzene ring substituents is 2. The smallest absolute Gasteiger partial charge is 0.374 e. The average molecular weight is 282 g/mol. The van der Waals surface area contributed by atoms with E-state index >= 15 is 0 Å². The standard InChI is InChI=1S/C11H10N2O7/c1-2-20-11(15)10(14)5-7-3-4-8(12(16)17)6-9(7)13(18)19/h3-4,6H,2,5H2,1H3. The zero-order valence-corrected chi connectivity index (χ0v) is 10.4. The number of carbonyl (C=O) groups is 2. The molecule has 0 aliphatic rings. The molecule has 0 saturated heterocycles. The summed E-state index contributed by atoms with van der Waals surface area (Å²) in [5.74, 6) is -2.05. The van der Waals surface area contributed by atoms with Crippen molar-refractivity contribution in [2.45, 2.75) is 13.3 Å². The van der Waals surface area contributed by atoms with Gasteiger partial charge in [0.05, 0.1) is 22.5 Å². The number of non-ortho nitro benzene ring substituents is 1. The highest BCUT2D eigenvalue weighted by Gasteiger charge is 2.24. The molecule has 0 saturated carbocycles. The van der Waals surface area contributed by atoms with E-state index in [2.05, 4.69) is 4.74 Å². The number of ether oxygens (including phenoxy) is 1. The second-order valence-electron chi connectivity index (χ2n) is 3.65. The van der Waals surface area contributed by atoms with Crippen molar-refractivity contribution in [2.75, 3.05) is 6.61 Å². The Morgan fingerprint density at radius 2 is 1.85 bits per heavy atom. The van der Waals surface area contributed by atoms with E-state index in [1.807, 2.05) is 0 Å². The van der Waals surface area contributed by atoms with E-state index < -0.39 is 39.4 Å². The number of hydrogen-bond acceptors (Lipinski definition) is 7. The van der Waals surface area contributed by atoms with E-state index in [0.717, 1.165) is 18.2 Å². The molecule has 0 aromatic heterocycles. The zero-order chi connectivity index (χ0) is 15.3. The quantitative estimate of drug-likeness (QED) is 0.331. The van der Waals surface area contributed by atoms with Crippen molar-refractivity contribution < 1.29 is 24.2 Å². The third-order valence-corrected chi connectivity index (χ3v) is 2.33. The highest BCUT2D eigenvalue weighted by molar-refractivity contribution is 6.34. The van der Waals surface area contributed by atoms with Crippen molar-refractivity contribution in [3.05, 3.63) is 44.0 Å². The van der Waals surface area contributed by atoms with E-state index in [0.29, 0.717) is 0 Å². The summed E-state index contributed by atoms with van der Waals surface area (Å²) in [5, 5.41) is 21.4. The van der Waals surface area contributed by atoms with Crippen molar-refractivity contribution in [3.8, 4) is 0 Å². The fourth-order valence-electron chi connectivity index (χ4n) is 1.44. The average Bonchev–Trinajstić information content (AvgIpc) is 2.38. The Kier molecular flexibility index (Phi) is 4.84. The van der Waals surface area contributed by atoms with Crippen LogP contribution in [-0.2, 0) is 20.7 Å². The van der Waals surface area contributed by atoms with Gasteiger partial charge in [-0.15, -0.1) is 0 Å². The second kappa shape index (κ2) is 6.36. The van der Waals surface area contributed by atoms with Crippen molar-refractivity contribution in [1.82, 2.24) is 0 Å². The van der Waals surface area contributed by atoms with Crippen LogP contribution in [0.15, 0.2) is 18.2 Å². The van der Waals surface area contributed by atoms with Crippen LogP contribution in [0, 0.1) is 20.2 Å².